The summed E-state index contributed by atoms with van der Waals surface area (Å²) in [5, 5.41) is 0. The molecule has 0 aromatic rings. The van der Waals surface area contributed by atoms with Crippen LogP contribution in [0.4, 0.5) is 0 Å². The first kappa shape index (κ1) is 6.08. The fourth-order valence-electron chi connectivity index (χ4n) is 2.27. The molecule has 56 valence electrons. The number of nitrogens with two attached hydrogens (primary N) is 1. The van der Waals surface area contributed by atoms with E-state index in [1.165, 1.54) is 25.7 Å². The lowest BCUT2D eigenvalue weighted by Gasteiger charge is -2.54. The molecule has 0 spiro atoms. The summed E-state index contributed by atoms with van der Waals surface area (Å²) < 4.78 is 0. The molecule has 2 unspecified atom stereocenters. The number of fused-ring (bicyclic) bond motifs is 2. The van der Waals surface area contributed by atoms with Crippen molar-refractivity contribution in [3.05, 3.63) is 12.4 Å². The Morgan fingerprint density at radius 1 is 1.40 bits per heavy atom. The summed E-state index contributed by atoms with van der Waals surface area (Å²) in [6, 6.07) is 1.49. The topological polar surface area (TPSA) is 29.3 Å². The van der Waals surface area contributed by atoms with Gasteiger partial charge in [0.05, 0.1) is 5.82 Å². The van der Waals surface area contributed by atoms with Crippen LogP contribution in [-0.2, 0) is 0 Å². The van der Waals surface area contributed by atoms with E-state index in [9.17, 15) is 0 Å². The average Bonchev–Trinajstić information content (AvgIpc) is 1.87. The third-order valence-electron chi connectivity index (χ3n) is 2.74. The first-order valence-electron chi connectivity index (χ1n) is 4.02. The van der Waals surface area contributed by atoms with Crippen molar-refractivity contribution >= 4 is 0 Å². The minimum Gasteiger partial charge on any atom is -0.386 e. The summed E-state index contributed by atoms with van der Waals surface area (Å²) in [6.45, 7) is 3.76. The maximum atomic E-state index is 5.62. The molecule has 2 nitrogen and oxygen atoms in total. The minimum absolute atomic E-state index is 0.747. The molecule has 0 aromatic carbocycles. The molecule has 0 aromatic heterocycles. The monoisotopic (exact) mass is 138 g/mol. The number of hydrogen-bond donors (Lipinski definition) is 1. The van der Waals surface area contributed by atoms with Crippen LogP contribution in [0.5, 0.6) is 0 Å². The molecule has 1 saturated carbocycles. The van der Waals surface area contributed by atoms with Crippen molar-refractivity contribution in [3.8, 4) is 0 Å². The zero-order valence-electron chi connectivity index (χ0n) is 6.21. The van der Waals surface area contributed by atoms with E-state index < -0.39 is 0 Å². The number of piperidine rings is 1. The second-order valence-corrected chi connectivity index (χ2v) is 3.37. The van der Waals surface area contributed by atoms with Gasteiger partial charge in [0.2, 0.25) is 0 Å². The van der Waals surface area contributed by atoms with Gasteiger partial charge >= 0.3 is 0 Å². The van der Waals surface area contributed by atoms with E-state index in [1.54, 1.807) is 0 Å². The molecule has 0 radical (unpaired) electrons. The van der Waals surface area contributed by atoms with Crippen molar-refractivity contribution in [1.82, 2.24) is 4.90 Å². The van der Waals surface area contributed by atoms with Crippen LogP contribution in [0.25, 0.3) is 0 Å². The van der Waals surface area contributed by atoms with Gasteiger partial charge in [-0.2, -0.15) is 0 Å². The molecule has 3 fully saturated rings. The van der Waals surface area contributed by atoms with Crippen molar-refractivity contribution in [1.29, 1.82) is 0 Å². The SMILES string of the molecule is C=C(N)N1C2CCCC1C2. The highest BCUT2D eigenvalue weighted by molar-refractivity contribution is 5.06. The van der Waals surface area contributed by atoms with E-state index in [0.717, 1.165) is 17.9 Å². The molecule has 3 aliphatic rings. The Hall–Kier alpha value is -0.660. The normalized spacial score (nSPS) is 37.0. The quantitative estimate of drug-likeness (QED) is 0.586. The number of nitrogens with zero attached hydrogens (tertiary/aromatic N) is 1. The molecule has 2 N–H and O–H groups in total. The van der Waals surface area contributed by atoms with E-state index in [1.807, 2.05) is 0 Å². The molecule has 2 atom stereocenters. The fourth-order valence-corrected chi connectivity index (χ4v) is 2.27. The lowest BCUT2D eigenvalue weighted by molar-refractivity contribution is 0.00491. The summed E-state index contributed by atoms with van der Waals surface area (Å²) in [6.07, 6.45) is 5.40. The Bertz CT molecular complexity index is 151. The Balaban J connectivity index is 2.06. The van der Waals surface area contributed by atoms with Gasteiger partial charge in [-0.15, -0.1) is 0 Å². The van der Waals surface area contributed by atoms with Crippen LogP contribution in [0.3, 0.4) is 0 Å². The summed E-state index contributed by atoms with van der Waals surface area (Å²) >= 11 is 0. The number of hydrogen-bond acceptors (Lipinski definition) is 2. The second-order valence-electron chi connectivity index (χ2n) is 3.37. The molecule has 2 bridgehead atoms. The summed E-state index contributed by atoms with van der Waals surface area (Å²) in [5.74, 6) is 0.779. The molecule has 3 rings (SSSR count). The van der Waals surface area contributed by atoms with Crippen molar-refractivity contribution in [2.24, 2.45) is 5.73 Å². The average molecular weight is 138 g/mol. The molecular weight excluding hydrogens is 124 g/mol. The molecule has 0 amide bonds. The Labute approximate surface area is 61.7 Å². The second kappa shape index (κ2) is 1.91. The standard InChI is InChI=1S/C8H14N2/c1-6(9)10-7-3-2-4-8(10)5-7/h7-8H,1-5,9H2. The van der Waals surface area contributed by atoms with Crippen molar-refractivity contribution in [3.63, 3.8) is 0 Å². The highest BCUT2D eigenvalue weighted by Gasteiger charge is 2.40. The number of rotatable bonds is 1. The van der Waals surface area contributed by atoms with Gasteiger partial charge in [-0.25, -0.2) is 0 Å². The first-order chi connectivity index (χ1) is 4.79. The van der Waals surface area contributed by atoms with E-state index >= 15 is 0 Å². The van der Waals surface area contributed by atoms with Crippen LogP contribution in [0.15, 0.2) is 12.4 Å². The molecule has 2 saturated heterocycles. The third-order valence-corrected chi connectivity index (χ3v) is 2.74. The van der Waals surface area contributed by atoms with Gasteiger partial charge in [-0.3, -0.25) is 0 Å². The zero-order valence-corrected chi connectivity index (χ0v) is 6.21. The van der Waals surface area contributed by atoms with Crippen LogP contribution < -0.4 is 5.73 Å². The predicted octanol–water partition coefficient (Wildman–Crippen LogP) is 1.04. The molecule has 2 aliphatic heterocycles. The van der Waals surface area contributed by atoms with Crippen LogP contribution in [0.2, 0.25) is 0 Å². The van der Waals surface area contributed by atoms with Crippen molar-refractivity contribution in [2.45, 2.75) is 37.8 Å². The molecule has 10 heavy (non-hydrogen) atoms. The predicted molar refractivity (Wildman–Crippen MR) is 41.2 cm³/mol. The lowest BCUT2D eigenvalue weighted by atomic mass is 9.80. The van der Waals surface area contributed by atoms with Crippen LogP contribution in [-0.4, -0.2) is 17.0 Å². The Morgan fingerprint density at radius 2 is 2.00 bits per heavy atom. The van der Waals surface area contributed by atoms with Gasteiger partial charge in [0.1, 0.15) is 0 Å². The van der Waals surface area contributed by atoms with Gasteiger partial charge in [0.25, 0.3) is 0 Å². The maximum absolute atomic E-state index is 5.62. The lowest BCUT2D eigenvalue weighted by Crippen LogP contribution is -2.58. The fraction of sp³-hybridized carbons (Fsp3) is 0.750. The molecule has 1 aliphatic carbocycles. The molecule has 2 heteroatoms. The van der Waals surface area contributed by atoms with Crippen LogP contribution >= 0.6 is 0 Å². The highest BCUT2D eigenvalue weighted by atomic mass is 15.3. The van der Waals surface area contributed by atoms with Crippen LogP contribution in [0.1, 0.15) is 25.7 Å². The van der Waals surface area contributed by atoms with Gasteiger partial charge < -0.3 is 10.6 Å². The zero-order chi connectivity index (χ0) is 7.14. The largest absolute Gasteiger partial charge is 0.386 e. The van der Waals surface area contributed by atoms with Gasteiger partial charge in [0.15, 0.2) is 0 Å². The van der Waals surface area contributed by atoms with E-state index in [2.05, 4.69) is 11.5 Å². The minimum atomic E-state index is 0.747. The first-order valence-corrected chi connectivity index (χ1v) is 4.02. The molecular formula is C8H14N2. The maximum Gasteiger partial charge on any atom is 0.0917 e. The summed E-state index contributed by atoms with van der Waals surface area (Å²) in [5.41, 5.74) is 5.62. The van der Waals surface area contributed by atoms with Gasteiger partial charge in [-0.05, 0) is 25.7 Å². The smallest absolute Gasteiger partial charge is 0.0917 e. The van der Waals surface area contributed by atoms with Gasteiger partial charge in [0, 0.05) is 12.1 Å². The molecule has 2 heterocycles. The van der Waals surface area contributed by atoms with E-state index in [0.29, 0.717) is 0 Å². The Morgan fingerprint density at radius 3 is 2.30 bits per heavy atom. The van der Waals surface area contributed by atoms with Crippen LogP contribution in [0, 0.1) is 0 Å². The van der Waals surface area contributed by atoms with Crippen molar-refractivity contribution in [2.75, 3.05) is 0 Å². The summed E-state index contributed by atoms with van der Waals surface area (Å²) in [7, 11) is 0. The van der Waals surface area contributed by atoms with Crippen molar-refractivity contribution < 1.29 is 0 Å². The Kier molecular flexibility index (Phi) is 1.16. The van der Waals surface area contributed by atoms with Gasteiger partial charge in [-0.1, -0.05) is 6.58 Å². The third kappa shape index (κ3) is 0.648. The van der Waals surface area contributed by atoms with E-state index in [4.69, 9.17) is 5.73 Å². The van der Waals surface area contributed by atoms with E-state index in [-0.39, 0.29) is 0 Å². The summed E-state index contributed by atoms with van der Waals surface area (Å²) in [4.78, 5) is 2.28. The highest BCUT2D eigenvalue weighted by Crippen LogP contribution is 2.39.